The number of hydrogen-bond acceptors (Lipinski definition) is 4. The van der Waals surface area contributed by atoms with E-state index in [1.165, 1.54) is 5.56 Å². The van der Waals surface area contributed by atoms with Gasteiger partial charge in [-0.05, 0) is 60.7 Å². The quantitative estimate of drug-likeness (QED) is 0.371. The van der Waals surface area contributed by atoms with Gasteiger partial charge >= 0.3 is 12.1 Å². The van der Waals surface area contributed by atoms with E-state index in [0.29, 0.717) is 12.8 Å². The van der Waals surface area contributed by atoms with E-state index in [0.717, 1.165) is 41.8 Å². The SMILES string of the molecule is CN(CCCC[C@H](NC(=O)OCC1c2ccccc2-c2ccccc21)C(=O)O)Cc1ccccc1. The molecule has 182 valence electrons. The number of hydrogen-bond donors (Lipinski definition) is 2. The largest absolute Gasteiger partial charge is 0.480 e. The van der Waals surface area contributed by atoms with Crippen LogP contribution in [-0.2, 0) is 16.1 Å². The number of amides is 1. The molecule has 0 radical (unpaired) electrons. The maximum Gasteiger partial charge on any atom is 0.407 e. The highest BCUT2D eigenvalue weighted by atomic mass is 16.5. The highest BCUT2D eigenvalue weighted by molar-refractivity contribution is 5.81. The normalized spacial score (nSPS) is 13.2. The van der Waals surface area contributed by atoms with E-state index in [9.17, 15) is 14.7 Å². The summed E-state index contributed by atoms with van der Waals surface area (Å²) < 4.78 is 5.51. The maximum absolute atomic E-state index is 12.5. The maximum atomic E-state index is 12.5. The van der Waals surface area contributed by atoms with Crippen molar-refractivity contribution in [1.29, 1.82) is 0 Å². The minimum absolute atomic E-state index is 0.0587. The Morgan fingerprint density at radius 1 is 0.914 bits per heavy atom. The minimum Gasteiger partial charge on any atom is -0.480 e. The van der Waals surface area contributed by atoms with E-state index < -0.39 is 18.1 Å². The third kappa shape index (κ3) is 6.28. The molecule has 0 aromatic heterocycles. The fourth-order valence-electron chi connectivity index (χ4n) is 4.74. The van der Waals surface area contributed by atoms with Gasteiger partial charge in [-0.2, -0.15) is 0 Å². The summed E-state index contributed by atoms with van der Waals surface area (Å²) >= 11 is 0. The smallest absolute Gasteiger partial charge is 0.407 e. The Morgan fingerprint density at radius 2 is 1.51 bits per heavy atom. The van der Waals surface area contributed by atoms with Crippen molar-refractivity contribution >= 4 is 12.1 Å². The number of benzene rings is 3. The molecule has 0 heterocycles. The van der Waals surface area contributed by atoms with Gasteiger partial charge in [0.05, 0.1) is 0 Å². The zero-order valence-electron chi connectivity index (χ0n) is 20.0. The molecule has 0 fully saturated rings. The van der Waals surface area contributed by atoms with Gasteiger partial charge in [0.2, 0.25) is 0 Å². The van der Waals surface area contributed by atoms with E-state index in [2.05, 4.69) is 53.7 Å². The summed E-state index contributed by atoms with van der Waals surface area (Å²) in [5.74, 6) is -1.10. The first-order valence-electron chi connectivity index (χ1n) is 12.1. The summed E-state index contributed by atoms with van der Waals surface area (Å²) in [5, 5.41) is 12.1. The highest BCUT2D eigenvalue weighted by Crippen LogP contribution is 2.44. The summed E-state index contributed by atoms with van der Waals surface area (Å²) in [6, 6.07) is 25.5. The molecule has 1 amide bonds. The Balaban J connectivity index is 1.24. The van der Waals surface area contributed by atoms with Crippen molar-refractivity contribution in [1.82, 2.24) is 10.2 Å². The van der Waals surface area contributed by atoms with Crippen LogP contribution in [0.4, 0.5) is 4.79 Å². The molecule has 6 nitrogen and oxygen atoms in total. The van der Waals surface area contributed by atoms with Gasteiger partial charge in [0, 0.05) is 12.5 Å². The molecule has 0 saturated heterocycles. The monoisotopic (exact) mass is 472 g/mol. The predicted octanol–water partition coefficient (Wildman–Crippen LogP) is 5.28. The van der Waals surface area contributed by atoms with E-state index in [4.69, 9.17) is 4.74 Å². The first-order chi connectivity index (χ1) is 17.0. The van der Waals surface area contributed by atoms with Crippen LogP contribution in [0.2, 0.25) is 0 Å². The fourth-order valence-corrected chi connectivity index (χ4v) is 4.74. The van der Waals surface area contributed by atoms with Crippen molar-refractivity contribution in [2.45, 2.75) is 37.8 Å². The number of fused-ring (bicyclic) bond motifs is 3. The van der Waals surface area contributed by atoms with Gasteiger partial charge in [0.25, 0.3) is 0 Å². The van der Waals surface area contributed by atoms with Crippen molar-refractivity contribution in [3.63, 3.8) is 0 Å². The van der Waals surface area contributed by atoms with Gasteiger partial charge in [-0.15, -0.1) is 0 Å². The fraction of sp³-hybridized carbons (Fsp3) is 0.310. The molecule has 1 aliphatic rings. The van der Waals surface area contributed by atoms with Crippen LogP contribution in [0.3, 0.4) is 0 Å². The van der Waals surface area contributed by atoms with Crippen LogP contribution in [0, 0.1) is 0 Å². The molecule has 3 aromatic carbocycles. The number of carboxylic acid groups (broad SMARTS) is 1. The minimum atomic E-state index is -1.05. The Kier molecular flexibility index (Phi) is 8.16. The number of carboxylic acids is 1. The number of carbonyl (C=O) groups is 2. The van der Waals surface area contributed by atoms with Crippen LogP contribution < -0.4 is 5.32 Å². The lowest BCUT2D eigenvalue weighted by atomic mass is 9.98. The number of alkyl carbamates (subject to hydrolysis) is 1. The number of aliphatic carboxylic acids is 1. The van der Waals surface area contributed by atoms with Gasteiger partial charge in [-0.3, -0.25) is 0 Å². The lowest BCUT2D eigenvalue weighted by Gasteiger charge is -2.19. The zero-order valence-corrected chi connectivity index (χ0v) is 20.0. The number of nitrogens with zero attached hydrogens (tertiary/aromatic N) is 1. The molecule has 0 spiro atoms. The Morgan fingerprint density at radius 3 is 2.14 bits per heavy atom. The molecule has 1 aliphatic carbocycles. The van der Waals surface area contributed by atoms with Gasteiger partial charge in [0.15, 0.2) is 0 Å². The number of ether oxygens (including phenoxy) is 1. The van der Waals surface area contributed by atoms with Gasteiger partial charge in [-0.25, -0.2) is 9.59 Å². The van der Waals surface area contributed by atoms with E-state index >= 15 is 0 Å². The standard InChI is InChI=1S/C29H32N2O4/c1-31(19-21-11-3-2-4-12-21)18-10-9-17-27(28(32)33)30-29(34)35-20-26-24-15-7-5-13-22(24)23-14-6-8-16-25(23)26/h2-8,11-16,26-27H,9-10,17-20H2,1H3,(H,30,34)(H,32,33)/t27-/m0/s1. The average Bonchev–Trinajstić information content (AvgIpc) is 3.19. The molecule has 3 aromatic rings. The number of rotatable bonds is 11. The molecule has 2 N–H and O–H groups in total. The van der Waals surface area contributed by atoms with Crippen molar-refractivity contribution in [3.05, 3.63) is 95.6 Å². The lowest BCUT2D eigenvalue weighted by Crippen LogP contribution is -2.41. The van der Waals surface area contributed by atoms with Gasteiger partial charge < -0.3 is 20.1 Å². The van der Waals surface area contributed by atoms with Gasteiger partial charge in [0.1, 0.15) is 12.6 Å². The molecular formula is C29H32N2O4. The number of carbonyl (C=O) groups excluding carboxylic acids is 1. The Bertz CT molecular complexity index is 1100. The van der Waals surface area contributed by atoms with Crippen molar-refractivity contribution in [2.75, 3.05) is 20.2 Å². The molecule has 0 saturated carbocycles. The summed E-state index contributed by atoms with van der Waals surface area (Å²) in [7, 11) is 2.05. The predicted molar refractivity (Wildman–Crippen MR) is 136 cm³/mol. The first kappa shape index (κ1) is 24.5. The molecular weight excluding hydrogens is 440 g/mol. The second kappa shape index (κ2) is 11.7. The molecule has 4 rings (SSSR count). The summed E-state index contributed by atoms with van der Waals surface area (Å²) in [6.07, 6.45) is 1.21. The van der Waals surface area contributed by atoms with Gasteiger partial charge in [-0.1, -0.05) is 78.9 Å². The third-order valence-electron chi connectivity index (χ3n) is 6.51. The first-order valence-corrected chi connectivity index (χ1v) is 12.1. The molecule has 1 atom stereocenters. The topological polar surface area (TPSA) is 78.9 Å². The third-order valence-corrected chi connectivity index (χ3v) is 6.51. The number of nitrogens with one attached hydrogen (secondary N) is 1. The Hall–Kier alpha value is -3.64. The second-order valence-electron chi connectivity index (χ2n) is 9.08. The van der Waals surface area contributed by atoms with Crippen LogP contribution >= 0.6 is 0 Å². The van der Waals surface area contributed by atoms with Crippen molar-refractivity contribution in [3.8, 4) is 11.1 Å². The molecule has 0 bridgehead atoms. The van der Waals surface area contributed by atoms with Crippen LogP contribution in [0.5, 0.6) is 0 Å². The van der Waals surface area contributed by atoms with Crippen molar-refractivity contribution < 1.29 is 19.4 Å². The highest BCUT2D eigenvalue weighted by Gasteiger charge is 2.29. The van der Waals surface area contributed by atoms with Crippen LogP contribution in [0.15, 0.2) is 78.9 Å². The second-order valence-corrected chi connectivity index (χ2v) is 9.08. The van der Waals surface area contributed by atoms with E-state index in [1.54, 1.807) is 0 Å². The zero-order chi connectivity index (χ0) is 24.6. The van der Waals surface area contributed by atoms with Crippen LogP contribution in [0.25, 0.3) is 11.1 Å². The van der Waals surface area contributed by atoms with Crippen molar-refractivity contribution in [2.24, 2.45) is 0 Å². The Labute approximate surface area is 206 Å². The summed E-state index contributed by atoms with van der Waals surface area (Å²) in [6.45, 7) is 1.86. The average molecular weight is 473 g/mol. The molecule has 35 heavy (non-hydrogen) atoms. The molecule has 0 unspecified atom stereocenters. The summed E-state index contributed by atoms with van der Waals surface area (Å²) in [4.78, 5) is 26.4. The van der Waals surface area contributed by atoms with E-state index in [1.807, 2.05) is 42.5 Å². The molecule has 6 heteroatoms. The van der Waals surface area contributed by atoms with Crippen LogP contribution in [0.1, 0.15) is 41.9 Å². The molecule has 0 aliphatic heterocycles. The van der Waals surface area contributed by atoms with Crippen LogP contribution in [-0.4, -0.2) is 48.3 Å². The van der Waals surface area contributed by atoms with E-state index in [-0.39, 0.29) is 12.5 Å². The number of unbranched alkanes of at least 4 members (excludes halogenated alkanes) is 1. The summed E-state index contributed by atoms with van der Waals surface area (Å²) in [5.41, 5.74) is 5.79. The lowest BCUT2D eigenvalue weighted by molar-refractivity contribution is -0.139.